The summed E-state index contributed by atoms with van der Waals surface area (Å²) in [6.45, 7) is 8.15. The Labute approximate surface area is 352 Å². The second kappa shape index (κ2) is 14.4. The monoisotopic (exact) mass is 830 g/mol. The van der Waals surface area contributed by atoms with Crippen LogP contribution in [0.3, 0.4) is 0 Å². The number of ether oxygens (including phenoxy) is 1. The molecule has 2 aliphatic heterocycles. The molecule has 2 heterocycles. The van der Waals surface area contributed by atoms with Gasteiger partial charge in [0.25, 0.3) is 11.8 Å². The number of rotatable bonds is 13. The lowest BCUT2D eigenvalue weighted by molar-refractivity contribution is -0.197. The Morgan fingerprint density at radius 1 is 0.881 bits per heavy atom. The quantitative estimate of drug-likeness (QED) is 0.0908. The van der Waals surface area contributed by atoms with Crippen LogP contribution in [-0.4, -0.2) is 57.0 Å². The minimum absolute atomic E-state index is 0.0438. The van der Waals surface area contributed by atoms with Gasteiger partial charge in [-0.2, -0.15) is 0 Å². The molecule has 5 aromatic carbocycles. The van der Waals surface area contributed by atoms with Crippen molar-refractivity contribution in [3.63, 3.8) is 0 Å². The Bertz CT molecular complexity index is 2530. The number of nitrogens with zero attached hydrogens (tertiary/aromatic N) is 3. The maximum Gasteiger partial charge on any atom is 0.264 e. The maximum atomic E-state index is 15.3. The number of hydrogen-bond acceptors (Lipinski definition) is 6. The van der Waals surface area contributed by atoms with E-state index in [0.717, 1.165) is 27.5 Å². The fraction of sp³-hybridized carbons (Fsp3) is 0.319. The van der Waals surface area contributed by atoms with Crippen LogP contribution in [0.4, 0.5) is 5.69 Å². The number of hydrogen-bond donors (Lipinski definition) is 2. The number of β-lactam (4-membered cyclic amide) rings is 1. The molecule has 2 saturated carbocycles. The van der Waals surface area contributed by atoms with E-state index in [1.807, 2.05) is 76.2 Å². The van der Waals surface area contributed by atoms with E-state index in [1.165, 1.54) is 21.9 Å². The molecule has 2 saturated heterocycles. The molecule has 7 atom stereocenters. The van der Waals surface area contributed by atoms with Crippen LogP contribution in [-0.2, 0) is 30.5 Å². The number of halogens is 2. The van der Waals surface area contributed by atoms with Crippen molar-refractivity contribution < 1.29 is 29.0 Å². The topological polar surface area (TPSA) is 119 Å². The third-order valence-corrected chi connectivity index (χ3v) is 13.3. The first-order valence-electron chi connectivity index (χ1n) is 20.0. The number of phenols is 1. The average Bonchev–Trinajstić information content (AvgIpc) is 4.04. The largest absolute Gasteiger partial charge is 0.508 e. The van der Waals surface area contributed by atoms with Gasteiger partial charge in [-0.3, -0.25) is 33.9 Å². The molecule has 0 bridgehead atoms. The predicted molar refractivity (Wildman–Crippen MR) is 225 cm³/mol. The lowest BCUT2D eigenvalue weighted by Crippen LogP contribution is -2.78. The first-order chi connectivity index (χ1) is 28.4. The standard InChI is InChI=1S/C47H44Cl2N4O6/c1-26(2)21-38-43(57)53(44(59-38)30-16-18-33(55)19-17-30)47-40-39(32-15-14-29-9-5-6-10-31(29)23-32)46(40,47)45(58)52(47)42(51(25-54)37-12-8-7-11-35(37)48)41(56)50-24-28-13-20-34(27(3)4)36(49)22-28/h5-20,22-23,25-27,38-40,42,44,55H,21,24H2,1-4H3,(H,50,56)/t38-,39?,40+,42?,44+,46+,47+/m0/s1. The van der Waals surface area contributed by atoms with E-state index < -0.39 is 41.4 Å². The summed E-state index contributed by atoms with van der Waals surface area (Å²) in [4.78, 5) is 62.8. The molecule has 5 aromatic rings. The van der Waals surface area contributed by atoms with Gasteiger partial charge in [0, 0.05) is 29.0 Å². The molecule has 9 rings (SSSR count). The predicted octanol–water partition coefficient (Wildman–Crippen LogP) is 8.51. The van der Waals surface area contributed by atoms with Gasteiger partial charge in [-0.05, 0) is 76.1 Å². The third-order valence-electron chi connectivity index (χ3n) is 12.6. The molecule has 2 N–H and O–H groups in total. The average molecular weight is 832 g/mol. The van der Waals surface area contributed by atoms with Crippen LogP contribution in [0.15, 0.2) is 109 Å². The normalized spacial score (nSPS) is 25.8. The summed E-state index contributed by atoms with van der Waals surface area (Å²) in [5.41, 5.74) is 1.03. The van der Waals surface area contributed by atoms with E-state index in [0.29, 0.717) is 23.4 Å². The zero-order valence-corrected chi connectivity index (χ0v) is 34.5. The summed E-state index contributed by atoms with van der Waals surface area (Å²) in [5.74, 6) is -1.66. The molecule has 59 heavy (non-hydrogen) atoms. The minimum atomic E-state index is -1.56. The van der Waals surface area contributed by atoms with Crippen LogP contribution in [0.5, 0.6) is 5.75 Å². The van der Waals surface area contributed by atoms with E-state index in [-0.39, 0.29) is 52.6 Å². The number of phenolic OH excluding ortho intramolecular Hbond substituents is 1. The van der Waals surface area contributed by atoms with Crippen molar-refractivity contribution in [1.82, 2.24) is 15.1 Å². The summed E-state index contributed by atoms with van der Waals surface area (Å²) < 4.78 is 6.63. The van der Waals surface area contributed by atoms with Crippen molar-refractivity contribution >= 4 is 63.8 Å². The maximum absolute atomic E-state index is 15.3. The summed E-state index contributed by atoms with van der Waals surface area (Å²) >= 11 is 13.4. The Hall–Kier alpha value is -5.42. The summed E-state index contributed by atoms with van der Waals surface area (Å²) in [7, 11) is 0. The molecule has 302 valence electrons. The number of anilines is 1. The summed E-state index contributed by atoms with van der Waals surface area (Å²) in [6.07, 6.45) is -2.43. The van der Waals surface area contributed by atoms with Crippen LogP contribution < -0.4 is 10.2 Å². The zero-order chi connectivity index (χ0) is 41.5. The van der Waals surface area contributed by atoms with E-state index in [9.17, 15) is 19.5 Å². The van der Waals surface area contributed by atoms with Crippen LogP contribution in [0.25, 0.3) is 10.8 Å². The molecule has 2 aliphatic carbocycles. The highest BCUT2D eigenvalue weighted by Crippen LogP contribution is 2.98. The van der Waals surface area contributed by atoms with Crippen molar-refractivity contribution in [3.8, 4) is 5.75 Å². The van der Waals surface area contributed by atoms with Crippen LogP contribution in [0.1, 0.15) is 74.4 Å². The SMILES string of the molecule is CC(C)C[C@@H]1O[C@H](c2ccc(O)cc2)N([C@]23[C@@H]4C(c5ccc6ccccc6c5)[C@]42C(=O)N3C(C(=O)NCc2ccc(C(C)C)c(Cl)c2)N(C=O)c2ccccc2Cl)C1=O. The van der Waals surface area contributed by atoms with E-state index >= 15 is 4.79 Å². The van der Waals surface area contributed by atoms with Gasteiger partial charge in [-0.25, -0.2) is 0 Å². The molecule has 0 aromatic heterocycles. The number of carbonyl (C=O) groups excluding carboxylic acids is 4. The smallest absolute Gasteiger partial charge is 0.264 e. The number of carbonyl (C=O) groups is 4. The number of fused-ring (bicyclic) bond motifs is 2. The molecule has 1 spiro atoms. The Balaban J connectivity index is 1.17. The first kappa shape index (κ1) is 39.1. The number of piperidine rings is 1. The lowest BCUT2D eigenvalue weighted by atomic mass is 9.79. The Morgan fingerprint density at radius 2 is 1.58 bits per heavy atom. The highest BCUT2D eigenvalue weighted by Gasteiger charge is 3.11. The van der Waals surface area contributed by atoms with Gasteiger partial charge in [0.1, 0.15) is 22.9 Å². The van der Waals surface area contributed by atoms with Gasteiger partial charge in [0.05, 0.1) is 10.7 Å². The fourth-order valence-corrected chi connectivity index (χ4v) is 10.6. The number of nitrogens with one attached hydrogen (secondary N) is 1. The van der Waals surface area contributed by atoms with Gasteiger partial charge in [0.15, 0.2) is 12.4 Å². The van der Waals surface area contributed by atoms with Gasteiger partial charge < -0.3 is 15.2 Å². The van der Waals surface area contributed by atoms with E-state index in [4.69, 9.17) is 27.9 Å². The molecular formula is C47H44Cl2N4O6. The Kier molecular flexibility index (Phi) is 9.53. The van der Waals surface area contributed by atoms with Crippen molar-refractivity contribution in [1.29, 1.82) is 0 Å². The lowest BCUT2D eigenvalue weighted by Gasteiger charge is -2.58. The van der Waals surface area contributed by atoms with Crippen molar-refractivity contribution in [2.45, 2.75) is 76.7 Å². The van der Waals surface area contributed by atoms with Crippen molar-refractivity contribution in [2.24, 2.45) is 17.3 Å². The van der Waals surface area contributed by atoms with Gasteiger partial charge in [-0.15, -0.1) is 0 Å². The molecule has 10 nitrogen and oxygen atoms in total. The fourth-order valence-electron chi connectivity index (χ4n) is 9.99. The number of likely N-dealkylation sites (tertiary alicyclic amines) is 1. The number of benzene rings is 5. The summed E-state index contributed by atoms with van der Waals surface area (Å²) in [5, 5.41) is 16.1. The van der Waals surface area contributed by atoms with Crippen molar-refractivity contribution in [2.75, 3.05) is 4.90 Å². The minimum Gasteiger partial charge on any atom is -0.508 e. The van der Waals surface area contributed by atoms with Crippen molar-refractivity contribution in [3.05, 3.63) is 141 Å². The highest BCUT2D eigenvalue weighted by molar-refractivity contribution is 6.33. The Morgan fingerprint density at radius 3 is 2.24 bits per heavy atom. The zero-order valence-electron chi connectivity index (χ0n) is 33.0. The van der Waals surface area contributed by atoms with E-state index in [1.54, 1.807) is 47.4 Å². The van der Waals surface area contributed by atoms with Gasteiger partial charge in [0.2, 0.25) is 12.3 Å². The van der Waals surface area contributed by atoms with Gasteiger partial charge in [-0.1, -0.05) is 130 Å². The molecule has 2 unspecified atom stereocenters. The summed E-state index contributed by atoms with van der Waals surface area (Å²) in [6, 6.07) is 32.8. The third kappa shape index (κ3) is 5.78. The number of para-hydroxylation sites is 1. The number of aromatic hydroxyl groups is 1. The first-order valence-corrected chi connectivity index (χ1v) is 20.8. The van der Waals surface area contributed by atoms with Crippen LogP contribution in [0, 0.1) is 17.3 Å². The molecule has 4 aliphatic rings. The second-order valence-electron chi connectivity index (χ2n) is 16.8. The molecular weight excluding hydrogens is 787 g/mol. The molecule has 0 radical (unpaired) electrons. The molecule has 12 heteroatoms. The van der Waals surface area contributed by atoms with E-state index in [2.05, 4.69) is 11.4 Å². The number of amides is 4. The molecule has 4 fully saturated rings. The van der Waals surface area contributed by atoms with Gasteiger partial charge >= 0.3 is 0 Å². The van der Waals surface area contributed by atoms with Crippen LogP contribution in [0.2, 0.25) is 10.0 Å². The highest BCUT2D eigenvalue weighted by atomic mass is 35.5. The molecule has 4 amide bonds. The van der Waals surface area contributed by atoms with Crippen LogP contribution >= 0.6 is 23.2 Å². The second-order valence-corrected chi connectivity index (χ2v) is 17.6.